The van der Waals surface area contributed by atoms with Gasteiger partial charge in [0.05, 0.1) is 11.8 Å². The molecule has 0 aromatic carbocycles. The van der Waals surface area contributed by atoms with Gasteiger partial charge >= 0.3 is 0 Å². The highest BCUT2D eigenvalue weighted by atomic mass is 16.2. The standard InChI is InChI=1S/C18H26N4O2/c1-10-6-11(2)9-22(8-10)15(23)7-14-12(3)16-17(19-13(14)4)20-21(5)18(16)24/h10-11H,6-9H2,1-5H3,(H,19,20)/t10-,11+. The van der Waals surface area contributed by atoms with Gasteiger partial charge in [0.1, 0.15) is 0 Å². The zero-order chi connectivity index (χ0) is 17.6. The summed E-state index contributed by atoms with van der Waals surface area (Å²) in [5.74, 6) is 1.21. The summed E-state index contributed by atoms with van der Waals surface area (Å²) >= 11 is 0. The van der Waals surface area contributed by atoms with Crippen LogP contribution in [0.3, 0.4) is 0 Å². The van der Waals surface area contributed by atoms with Gasteiger partial charge in [0.15, 0.2) is 5.65 Å². The molecule has 1 amide bonds. The molecule has 0 saturated carbocycles. The molecule has 0 bridgehead atoms. The number of pyridine rings is 1. The lowest BCUT2D eigenvalue weighted by molar-refractivity contribution is -0.133. The van der Waals surface area contributed by atoms with Gasteiger partial charge in [-0.15, -0.1) is 0 Å². The summed E-state index contributed by atoms with van der Waals surface area (Å²) in [5.41, 5.74) is 3.06. The van der Waals surface area contributed by atoms with Gasteiger partial charge in [0.2, 0.25) is 5.91 Å². The third-order valence-electron chi connectivity index (χ3n) is 5.12. The minimum Gasteiger partial charge on any atom is -0.342 e. The number of carbonyl (C=O) groups excluding carboxylic acids is 1. The van der Waals surface area contributed by atoms with E-state index in [1.54, 1.807) is 7.05 Å². The molecule has 1 aliphatic rings. The molecule has 6 nitrogen and oxygen atoms in total. The van der Waals surface area contributed by atoms with Gasteiger partial charge in [-0.25, -0.2) is 4.98 Å². The molecule has 2 atom stereocenters. The summed E-state index contributed by atoms with van der Waals surface area (Å²) in [6.45, 7) is 9.86. The number of nitrogens with one attached hydrogen (secondary N) is 1. The van der Waals surface area contributed by atoms with Gasteiger partial charge in [-0.1, -0.05) is 13.8 Å². The fraction of sp³-hybridized carbons (Fsp3) is 0.611. The highest BCUT2D eigenvalue weighted by Crippen LogP contribution is 2.24. The van der Waals surface area contributed by atoms with Gasteiger partial charge in [0, 0.05) is 25.8 Å². The van der Waals surface area contributed by atoms with Crippen molar-refractivity contribution in [3.63, 3.8) is 0 Å². The van der Waals surface area contributed by atoms with E-state index in [1.165, 1.54) is 11.1 Å². The fourth-order valence-corrected chi connectivity index (χ4v) is 4.00. The number of hydrogen-bond donors (Lipinski definition) is 1. The van der Waals surface area contributed by atoms with Crippen molar-refractivity contribution in [1.29, 1.82) is 0 Å². The lowest BCUT2D eigenvalue weighted by atomic mass is 9.91. The van der Waals surface area contributed by atoms with Crippen LogP contribution in [0.2, 0.25) is 0 Å². The Morgan fingerprint density at radius 2 is 1.88 bits per heavy atom. The Morgan fingerprint density at radius 1 is 1.25 bits per heavy atom. The Labute approximate surface area is 141 Å². The smallest absolute Gasteiger partial charge is 0.276 e. The number of amides is 1. The maximum atomic E-state index is 12.8. The molecular formula is C18H26N4O2. The molecule has 1 fully saturated rings. The highest BCUT2D eigenvalue weighted by Gasteiger charge is 2.26. The van der Waals surface area contributed by atoms with Crippen LogP contribution in [0.25, 0.3) is 11.0 Å². The summed E-state index contributed by atoms with van der Waals surface area (Å²) in [7, 11) is 1.68. The molecule has 24 heavy (non-hydrogen) atoms. The van der Waals surface area contributed by atoms with Crippen LogP contribution in [0.4, 0.5) is 0 Å². The molecule has 0 unspecified atom stereocenters. The van der Waals surface area contributed by atoms with Crippen LogP contribution in [0.5, 0.6) is 0 Å². The fourth-order valence-electron chi connectivity index (χ4n) is 4.00. The average Bonchev–Trinajstić information content (AvgIpc) is 2.77. The molecule has 1 N–H and O–H groups in total. The first-order valence-electron chi connectivity index (χ1n) is 8.60. The molecule has 2 aromatic heterocycles. The summed E-state index contributed by atoms with van der Waals surface area (Å²) in [5, 5.41) is 3.55. The van der Waals surface area contributed by atoms with E-state index in [4.69, 9.17) is 0 Å². The van der Waals surface area contributed by atoms with Crippen molar-refractivity contribution in [2.45, 2.75) is 40.5 Å². The molecule has 2 aromatic rings. The van der Waals surface area contributed by atoms with E-state index in [0.717, 1.165) is 29.9 Å². The minimum absolute atomic E-state index is 0.0936. The van der Waals surface area contributed by atoms with Crippen molar-refractivity contribution < 1.29 is 4.79 Å². The number of aryl methyl sites for hydroxylation is 3. The number of nitrogens with zero attached hydrogens (tertiary/aromatic N) is 3. The van der Waals surface area contributed by atoms with Gasteiger partial charge in [-0.2, -0.15) is 0 Å². The first kappa shape index (κ1) is 16.7. The number of hydrogen-bond acceptors (Lipinski definition) is 3. The van der Waals surface area contributed by atoms with Crippen LogP contribution >= 0.6 is 0 Å². The number of aromatic nitrogens is 3. The Hall–Kier alpha value is -2.11. The SMILES string of the molecule is Cc1nc2[nH]n(C)c(=O)c2c(C)c1CC(=O)N1C[C@H](C)C[C@H](C)C1. The maximum Gasteiger partial charge on any atom is 0.276 e. The maximum absolute atomic E-state index is 12.8. The van der Waals surface area contributed by atoms with Crippen LogP contribution in [0, 0.1) is 25.7 Å². The second kappa shape index (κ2) is 6.07. The Kier molecular flexibility index (Phi) is 4.24. The second-order valence-electron chi connectivity index (χ2n) is 7.42. The minimum atomic E-state index is -0.0936. The predicted molar refractivity (Wildman–Crippen MR) is 94.0 cm³/mol. The quantitative estimate of drug-likeness (QED) is 0.914. The van der Waals surface area contributed by atoms with Crippen molar-refractivity contribution in [1.82, 2.24) is 19.7 Å². The molecular weight excluding hydrogens is 304 g/mol. The Morgan fingerprint density at radius 3 is 2.50 bits per heavy atom. The summed E-state index contributed by atoms with van der Waals surface area (Å²) in [4.78, 5) is 31.5. The summed E-state index contributed by atoms with van der Waals surface area (Å²) in [6, 6.07) is 0. The lowest BCUT2D eigenvalue weighted by Crippen LogP contribution is -2.43. The van der Waals surface area contributed by atoms with E-state index in [1.807, 2.05) is 18.7 Å². The third kappa shape index (κ3) is 2.85. The molecule has 130 valence electrons. The first-order chi connectivity index (χ1) is 11.3. The average molecular weight is 330 g/mol. The zero-order valence-corrected chi connectivity index (χ0v) is 15.1. The molecule has 3 rings (SSSR count). The molecule has 0 radical (unpaired) electrons. The van der Waals surface area contributed by atoms with Crippen molar-refractivity contribution >= 4 is 16.9 Å². The first-order valence-corrected chi connectivity index (χ1v) is 8.60. The number of fused-ring (bicyclic) bond motifs is 1. The molecule has 1 aliphatic heterocycles. The third-order valence-corrected chi connectivity index (χ3v) is 5.12. The molecule has 1 saturated heterocycles. The summed E-state index contributed by atoms with van der Waals surface area (Å²) < 4.78 is 1.43. The molecule has 0 aliphatic carbocycles. The Balaban J connectivity index is 1.93. The number of likely N-dealkylation sites (tertiary alicyclic amines) is 1. The number of aromatic amines is 1. The number of piperidine rings is 1. The topological polar surface area (TPSA) is 71.0 Å². The molecule has 6 heteroatoms. The second-order valence-corrected chi connectivity index (χ2v) is 7.42. The normalized spacial score (nSPS) is 21.5. The molecule has 0 spiro atoms. The van der Waals surface area contributed by atoms with E-state index < -0.39 is 0 Å². The monoisotopic (exact) mass is 330 g/mol. The Bertz CT molecular complexity index is 839. The van der Waals surface area contributed by atoms with Crippen LogP contribution in [-0.4, -0.2) is 38.7 Å². The van der Waals surface area contributed by atoms with E-state index in [9.17, 15) is 9.59 Å². The van der Waals surface area contributed by atoms with Crippen LogP contribution in [0.1, 0.15) is 37.1 Å². The van der Waals surface area contributed by atoms with Crippen LogP contribution in [0.15, 0.2) is 4.79 Å². The number of H-pyrrole nitrogens is 1. The van der Waals surface area contributed by atoms with E-state index in [-0.39, 0.29) is 11.5 Å². The van der Waals surface area contributed by atoms with Gasteiger partial charge in [-0.05, 0) is 43.2 Å². The largest absolute Gasteiger partial charge is 0.342 e. The van der Waals surface area contributed by atoms with Crippen molar-refractivity contribution in [2.24, 2.45) is 18.9 Å². The highest BCUT2D eigenvalue weighted by molar-refractivity contribution is 5.84. The predicted octanol–water partition coefficient (Wildman–Crippen LogP) is 1.93. The van der Waals surface area contributed by atoms with Crippen molar-refractivity contribution in [2.75, 3.05) is 13.1 Å². The van der Waals surface area contributed by atoms with Crippen molar-refractivity contribution in [3.05, 3.63) is 27.2 Å². The van der Waals surface area contributed by atoms with E-state index >= 15 is 0 Å². The number of rotatable bonds is 2. The van der Waals surface area contributed by atoms with E-state index in [0.29, 0.717) is 29.3 Å². The summed E-state index contributed by atoms with van der Waals surface area (Å²) in [6.07, 6.45) is 1.49. The van der Waals surface area contributed by atoms with Gasteiger partial charge in [0.25, 0.3) is 5.56 Å². The van der Waals surface area contributed by atoms with Gasteiger partial charge in [-0.3, -0.25) is 19.4 Å². The van der Waals surface area contributed by atoms with Crippen molar-refractivity contribution in [3.8, 4) is 0 Å². The van der Waals surface area contributed by atoms with Gasteiger partial charge < -0.3 is 4.90 Å². The lowest BCUT2D eigenvalue weighted by Gasteiger charge is -2.35. The number of carbonyl (C=O) groups is 1. The molecule has 3 heterocycles. The zero-order valence-electron chi connectivity index (χ0n) is 15.1. The van der Waals surface area contributed by atoms with Crippen LogP contribution < -0.4 is 5.56 Å². The van der Waals surface area contributed by atoms with E-state index in [2.05, 4.69) is 23.9 Å². The van der Waals surface area contributed by atoms with Crippen LogP contribution in [-0.2, 0) is 18.3 Å².